The molecular formula is C14H30N4O4S2. The molecule has 0 aromatic rings. The molecule has 1 unspecified atom stereocenters. The lowest BCUT2D eigenvalue weighted by Crippen LogP contribution is -2.50. The van der Waals surface area contributed by atoms with Gasteiger partial charge < -0.3 is 4.90 Å². The number of rotatable bonds is 8. The summed E-state index contributed by atoms with van der Waals surface area (Å²) in [7, 11) is -3.80. The van der Waals surface area contributed by atoms with Crippen molar-refractivity contribution in [2.75, 3.05) is 59.1 Å². The summed E-state index contributed by atoms with van der Waals surface area (Å²) < 4.78 is 53.7. The summed E-state index contributed by atoms with van der Waals surface area (Å²) in [5.74, 6) is 0.0495. The zero-order valence-electron chi connectivity index (χ0n) is 14.9. The minimum absolute atomic E-state index is 0.0495. The molecule has 24 heavy (non-hydrogen) atoms. The van der Waals surface area contributed by atoms with Crippen LogP contribution < -0.4 is 0 Å². The summed E-state index contributed by atoms with van der Waals surface area (Å²) in [6.07, 6.45) is 2.87. The van der Waals surface area contributed by atoms with Gasteiger partial charge in [0.1, 0.15) is 0 Å². The van der Waals surface area contributed by atoms with E-state index >= 15 is 0 Å². The van der Waals surface area contributed by atoms with Crippen LogP contribution in [0.1, 0.15) is 26.2 Å². The first-order valence-corrected chi connectivity index (χ1v) is 11.6. The van der Waals surface area contributed by atoms with Crippen molar-refractivity contribution in [3.05, 3.63) is 0 Å². The maximum Gasteiger partial charge on any atom is 0.281 e. The lowest BCUT2D eigenvalue weighted by molar-refractivity contribution is 0.252. The van der Waals surface area contributed by atoms with Crippen molar-refractivity contribution >= 4 is 20.2 Å². The number of hydrogen-bond acceptors (Lipinski definition) is 5. The third-order valence-electron chi connectivity index (χ3n) is 4.88. The Labute approximate surface area is 146 Å². The summed E-state index contributed by atoms with van der Waals surface area (Å²) in [5, 5.41) is 0. The third kappa shape index (κ3) is 4.47. The van der Waals surface area contributed by atoms with E-state index in [4.69, 9.17) is 0 Å². The molecule has 1 atom stereocenters. The summed E-state index contributed by atoms with van der Waals surface area (Å²) in [5.41, 5.74) is 0. The highest BCUT2D eigenvalue weighted by Crippen LogP contribution is 2.22. The number of likely N-dealkylation sites (tertiary alicyclic amines) is 1. The van der Waals surface area contributed by atoms with E-state index in [2.05, 4.69) is 4.90 Å². The van der Waals surface area contributed by atoms with E-state index in [1.165, 1.54) is 27.0 Å². The van der Waals surface area contributed by atoms with Gasteiger partial charge in [0, 0.05) is 46.3 Å². The average molecular weight is 383 g/mol. The fourth-order valence-electron chi connectivity index (χ4n) is 3.32. The van der Waals surface area contributed by atoms with Gasteiger partial charge in [-0.15, -0.1) is 0 Å². The largest absolute Gasteiger partial charge is 0.302 e. The highest BCUT2D eigenvalue weighted by atomic mass is 32.2. The Kier molecular flexibility index (Phi) is 6.65. The Morgan fingerprint density at radius 2 is 1.67 bits per heavy atom. The lowest BCUT2D eigenvalue weighted by Gasteiger charge is -2.31. The molecule has 0 aliphatic carbocycles. The van der Waals surface area contributed by atoms with Gasteiger partial charge in [-0.3, -0.25) is 0 Å². The van der Waals surface area contributed by atoms with Crippen molar-refractivity contribution in [1.29, 1.82) is 0 Å². The van der Waals surface area contributed by atoms with Gasteiger partial charge in [-0.2, -0.15) is 17.0 Å². The molecule has 0 radical (unpaired) electrons. The van der Waals surface area contributed by atoms with Crippen LogP contribution >= 0.6 is 0 Å². The molecule has 142 valence electrons. The average Bonchev–Trinajstić information content (AvgIpc) is 3.18. The standard InChI is InChI=1S/C14H30N4O4S2/c1-4-23(19,20)17-10-7-14(13-17)18(24(21,22)15(2)3)12-11-16-8-5-6-9-16/h14H,4-13H2,1-3H3. The van der Waals surface area contributed by atoms with Crippen molar-refractivity contribution in [3.8, 4) is 0 Å². The Morgan fingerprint density at radius 3 is 2.21 bits per heavy atom. The molecule has 0 saturated carbocycles. The molecule has 2 saturated heterocycles. The highest BCUT2D eigenvalue weighted by Gasteiger charge is 2.39. The second-order valence-corrected chi connectivity index (χ2v) is 11.0. The smallest absolute Gasteiger partial charge is 0.281 e. The number of sulfonamides is 1. The normalized spacial score (nSPS) is 24.5. The predicted octanol–water partition coefficient (Wildman–Crippen LogP) is -0.385. The van der Waals surface area contributed by atoms with Crippen molar-refractivity contribution < 1.29 is 16.8 Å². The van der Waals surface area contributed by atoms with Crippen LogP contribution in [0.5, 0.6) is 0 Å². The molecule has 0 spiro atoms. The molecule has 10 heteroatoms. The molecule has 8 nitrogen and oxygen atoms in total. The maximum atomic E-state index is 12.7. The van der Waals surface area contributed by atoms with Gasteiger partial charge in [-0.1, -0.05) is 0 Å². The summed E-state index contributed by atoms with van der Waals surface area (Å²) in [6, 6.07) is -0.290. The first-order chi connectivity index (χ1) is 11.2. The molecule has 0 amide bonds. The summed E-state index contributed by atoms with van der Waals surface area (Å²) in [4.78, 5) is 2.27. The molecule has 2 fully saturated rings. The zero-order valence-corrected chi connectivity index (χ0v) is 16.5. The molecule has 2 heterocycles. The molecule has 2 aliphatic heterocycles. The van der Waals surface area contributed by atoms with Gasteiger partial charge in [0.2, 0.25) is 10.0 Å². The van der Waals surface area contributed by atoms with Crippen LogP contribution in [0.25, 0.3) is 0 Å². The molecule has 0 aromatic heterocycles. The Balaban J connectivity index is 2.11. The fraction of sp³-hybridized carbons (Fsp3) is 1.00. The quantitative estimate of drug-likeness (QED) is 0.571. The molecule has 2 rings (SSSR count). The summed E-state index contributed by atoms with van der Waals surface area (Å²) >= 11 is 0. The minimum atomic E-state index is -3.57. The monoisotopic (exact) mass is 382 g/mol. The molecule has 0 aromatic carbocycles. The SMILES string of the molecule is CCS(=O)(=O)N1CCC(N(CCN2CCCC2)S(=O)(=O)N(C)C)C1. The van der Waals surface area contributed by atoms with Crippen molar-refractivity contribution in [3.63, 3.8) is 0 Å². The minimum Gasteiger partial charge on any atom is -0.302 e. The van der Waals surface area contributed by atoms with Gasteiger partial charge in [-0.25, -0.2) is 12.7 Å². The van der Waals surface area contributed by atoms with Gasteiger partial charge >= 0.3 is 0 Å². The van der Waals surface area contributed by atoms with Crippen LogP contribution in [0.2, 0.25) is 0 Å². The first-order valence-electron chi connectivity index (χ1n) is 8.58. The van der Waals surface area contributed by atoms with Crippen molar-refractivity contribution in [1.82, 2.24) is 17.8 Å². The molecule has 2 aliphatic rings. The topological polar surface area (TPSA) is 81.2 Å². The molecule has 0 N–H and O–H groups in total. The van der Waals surface area contributed by atoms with Gasteiger partial charge in [0.15, 0.2) is 0 Å². The number of hydrogen-bond donors (Lipinski definition) is 0. The van der Waals surface area contributed by atoms with Crippen molar-refractivity contribution in [2.45, 2.75) is 32.2 Å². The second-order valence-electron chi connectivity index (χ2n) is 6.65. The fourth-order valence-corrected chi connectivity index (χ4v) is 5.75. The Morgan fingerprint density at radius 1 is 1.04 bits per heavy atom. The van der Waals surface area contributed by atoms with E-state index in [0.29, 0.717) is 26.1 Å². The van der Waals surface area contributed by atoms with Crippen LogP contribution in [-0.2, 0) is 20.2 Å². The van der Waals surface area contributed by atoms with Crippen LogP contribution in [0.3, 0.4) is 0 Å². The van der Waals surface area contributed by atoms with Crippen LogP contribution in [0.15, 0.2) is 0 Å². The third-order valence-corrected chi connectivity index (χ3v) is 8.73. The summed E-state index contributed by atoms with van der Waals surface area (Å²) in [6.45, 7) is 5.39. The van der Waals surface area contributed by atoms with E-state index in [0.717, 1.165) is 25.9 Å². The van der Waals surface area contributed by atoms with Gasteiger partial charge in [0.05, 0.1) is 5.75 Å². The van der Waals surface area contributed by atoms with E-state index in [1.807, 2.05) is 0 Å². The Bertz CT molecular complexity index is 615. The van der Waals surface area contributed by atoms with Gasteiger partial charge in [-0.05, 0) is 39.3 Å². The zero-order chi connectivity index (χ0) is 18.0. The van der Waals surface area contributed by atoms with Crippen LogP contribution in [0.4, 0.5) is 0 Å². The number of nitrogens with zero attached hydrogens (tertiary/aromatic N) is 4. The van der Waals surface area contributed by atoms with E-state index in [9.17, 15) is 16.8 Å². The predicted molar refractivity (Wildman–Crippen MR) is 94.4 cm³/mol. The van der Waals surface area contributed by atoms with E-state index in [-0.39, 0.29) is 18.3 Å². The van der Waals surface area contributed by atoms with Crippen LogP contribution in [0, 0.1) is 0 Å². The second kappa shape index (κ2) is 7.96. The first kappa shape index (κ1) is 20.1. The Hall–Kier alpha value is -0.260. The molecule has 0 bridgehead atoms. The van der Waals surface area contributed by atoms with Crippen molar-refractivity contribution in [2.24, 2.45) is 0 Å². The highest BCUT2D eigenvalue weighted by molar-refractivity contribution is 7.89. The van der Waals surface area contributed by atoms with Crippen LogP contribution in [-0.4, -0.2) is 99.8 Å². The van der Waals surface area contributed by atoms with E-state index in [1.54, 1.807) is 6.92 Å². The lowest BCUT2D eigenvalue weighted by atomic mass is 10.2. The van der Waals surface area contributed by atoms with Gasteiger partial charge in [0.25, 0.3) is 10.2 Å². The maximum absolute atomic E-state index is 12.7. The molecular weight excluding hydrogens is 352 g/mol. The van der Waals surface area contributed by atoms with E-state index < -0.39 is 20.2 Å².